The van der Waals surface area contributed by atoms with Crippen molar-refractivity contribution < 1.29 is 28.5 Å². The fourth-order valence-electron chi connectivity index (χ4n) is 2.33. The first-order valence-electron chi connectivity index (χ1n) is 7.42. The Morgan fingerprint density at radius 3 is 2.45 bits per heavy atom. The summed E-state index contributed by atoms with van der Waals surface area (Å²) in [6, 6.07) is 0. The van der Waals surface area contributed by atoms with Crippen molar-refractivity contribution in [2.45, 2.75) is 45.3 Å². The van der Waals surface area contributed by atoms with Crippen LogP contribution in [0.1, 0.15) is 33.6 Å². The van der Waals surface area contributed by atoms with Crippen LogP contribution in [0.3, 0.4) is 0 Å². The minimum atomic E-state index is -0.539. The van der Waals surface area contributed by atoms with Gasteiger partial charge in [0.05, 0.1) is 26.2 Å². The first kappa shape index (κ1) is 18.7. The van der Waals surface area contributed by atoms with E-state index in [9.17, 15) is 9.59 Å². The van der Waals surface area contributed by atoms with Crippen LogP contribution in [0.5, 0.6) is 0 Å². The molecule has 0 spiro atoms. The molecule has 0 N–H and O–H groups in total. The number of piperidine rings is 1. The molecule has 2 atom stereocenters. The van der Waals surface area contributed by atoms with E-state index < -0.39 is 5.60 Å². The van der Waals surface area contributed by atoms with Gasteiger partial charge < -0.3 is 23.8 Å². The van der Waals surface area contributed by atoms with Gasteiger partial charge >= 0.3 is 12.1 Å². The van der Waals surface area contributed by atoms with Crippen molar-refractivity contribution in [3.8, 4) is 0 Å². The van der Waals surface area contributed by atoms with E-state index in [0.717, 1.165) is 0 Å². The molecule has 0 aromatic carbocycles. The predicted octanol–water partition coefficient (Wildman–Crippen LogP) is 1.80. The Bertz CT molecular complexity index is 379. The lowest BCUT2D eigenvalue weighted by atomic mass is 9.91. The largest absolute Gasteiger partial charge is 0.469 e. The van der Waals surface area contributed by atoms with Gasteiger partial charge in [0.25, 0.3) is 0 Å². The van der Waals surface area contributed by atoms with Crippen LogP contribution in [0.4, 0.5) is 4.79 Å². The molecule has 0 unspecified atom stereocenters. The molecule has 7 nitrogen and oxygen atoms in total. The van der Waals surface area contributed by atoms with Gasteiger partial charge in [-0.05, 0) is 33.1 Å². The van der Waals surface area contributed by atoms with Crippen LogP contribution in [-0.4, -0.2) is 62.8 Å². The number of amides is 1. The highest BCUT2D eigenvalue weighted by molar-refractivity contribution is 5.70. The van der Waals surface area contributed by atoms with Crippen molar-refractivity contribution >= 4 is 12.1 Å². The van der Waals surface area contributed by atoms with Crippen LogP contribution in [0.2, 0.25) is 0 Å². The third kappa shape index (κ3) is 6.19. The SMILES string of the molecule is COCO[C@H]1CN(C(=O)OC(C)(C)C)CC[C@H]1CC(=O)OC. The second-order valence-corrected chi connectivity index (χ2v) is 6.37. The molecule has 0 radical (unpaired) electrons. The smallest absolute Gasteiger partial charge is 0.410 e. The Hall–Kier alpha value is -1.34. The second-order valence-electron chi connectivity index (χ2n) is 6.37. The summed E-state index contributed by atoms with van der Waals surface area (Å²) in [6.45, 7) is 6.50. The van der Waals surface area contributed by atoms with E-state index in [1.807, 2.05) is 20.8 Å². The summed E-state index contributed by atoms with van der Waals surface area (Å²) in [4.78, 5) is 25.2. The molecule has 0 aromatic heterocycles. The van der Waals surface area contributed by atoms with Crippen LogP contribution in [-0.2, 0) is 23.7 Å². The standard InChI is InChI=1S/C15H27NO6/c1-15(2,3)22-14(18)16-7-6-11(8-13(17)20-5)12(9-16)21-10-19-4/h11-12H,6-10H2,1-5H3/t11-,12-/m0/s1. The van der Waals surface area contributed by atoms with Crippen molar-refractivity contribution in [2.75, 3.05) is 34.1 Å². The number of esters is 1. The minimum Gasteiger partial charge on any atom is -0.469 e. The highest BCUT2D eigenvalue weighted by Gasteiger charge is 2.35. The average molecular weight is 317 g/mol. The monoisotopic (exact) mass is 317 g/mol. The zero-order chi connectivity index (χ0) is 16.8. The Balaban J connectivity index is 2.65. The number of rotatable bonds is 5. The fraction of sp³-hybridized carbons (Fsp3) is 0.867. The highest BCUT2D eigenvalue weighted by Crippen LogP contribution is 2.25. The molecule has 1 saturated heterocycles. The molecular formula is C15H27NO6. The summed E-state index contributed by atoms with van der Waals surface area (Å²) in [5.41, 5.74) is -0.539. The number of hydrogen-bond acceptors (Lipinski definition) is 6. The maximum Gasteiger partial charge on any atom is 0.410 e. The van der Waals surface area contributed by atoms with Gasteiger partial charge in [0.2, 0.25) is 0 Å². The summed E-state index contributed by atoms with van der Waals surface area (Å²) in [7, 11) is 2.90. The van der Waals surface area contributed by atoms with E-state index in [4.69, 9.17) is 18.9 Å². The molecule has 1 aliphatic heterocycles. The van der Waals surface area contributed by atoms with Gasteiger partial charge in [-0.25, -0.2) is 4.79 Å². The molecule has 1 heterocycles. The average Bonchev–Trinajstić information content (AvgIpc) is 2.44. The number of carbonyl (C=O) groups excluding carboxylic acids is 2. The van der Waals surface area contributed by atoms with Gasteiger partial charge in [-0.2, -0.15) is 0 Å². The number of carbonyl (C=O) groups is 2. The lowest BCUT2D eigenvalue weighted by Crippen LogP contribution is -2.49. The molecule has 0 aliphatic carbocycles. The number of ether oxygens (including phenoxy) is 4. The van der Waals surface area contributed by atoms with Crippen molar-refractivity contribution in [3.63, 3.8) is 0 Å². The molecule has 22 heavy (non-hydrogen) atoms. The van der Waals surface area contributed by atoms with Gasteiger partial charge in [-0.1, -0.05) is 0 Å². The molecule has 1 aliphatic rings. The van der Waals surface area contributed by atoms with Crippen molar-refractivity contribution in [1.29, 1.82) is 0 Å². The lowest BCUT2D eigenvalue weighted by Gasteiger charge is -2.38. The summed E-state index contributed by atoms with van der Waals surface area (Å²) in [6.07, 6.45) is 0.283. The zero-order valence-electron chi connectivity index (χ0n) is 14.1. The summed E-state index contributed by atoms with van der Waals surface area (Å²) in [5.74, 6) is -0.275. The fourth-order valence-corrected chi connectivity index (χ4v) is 2.33. The van der Waals surface area contributed by atoms with Crippen LogP contribution < -0.4 is 0 Å². The van der Waals surface area contributed by atoms with Crippen LogP contribution in [0.25, 0.3) is 0 Å². The van der Waals surface area contributed by atoms with E-state index in [-0.39, 0.29) is 37.3 Å². The Morgan fingerprint density at radius 1 is 1.23 bits per heavy atom. The van der Waals surface area contributed by atoms with Crippen LogP contribution >= 0.6 is 0 Å². The molecule has 1 rings (SSSR count). The van der Waals surface area contributed by atoms with Gasteiger partial charge in [0, 0.05) is 13.7 Å². The maximum atomic E-state index is 12.1. The molecule has 1 fully saturated rings. The molecule has 0 bridgehead atoms. The second kappa shape index (κ2) is 8.33. The van der Waals surface area contributed by atoms with Crippen molar-refractivity contribution in [1.82, 2.24) is 4.90 Å². The normalized spacial score (nSPS) is 22.3. The van der Waals surface area contributed by atoms with Gasteiger partial charge in [0.1, 0.15) is 12.4 Å². The predicted molar refractivity (Wildman–Crippen MR) is 79.3 cm³/mol. The third-order valence-corrected chi connectivity index (χ3v) is 3.40. The van der Waals surface area contributed by atoms with Gasteiger partial charge in [-0.3, -0.25) is 4.79 Å². The maximum absolute atomic E-state index is 12.1. The highest BCUT2D eigenvalue weighted by atomic mass is 16.7. The molecule has 7 heteroatoms. The van der Waals surface area contributed by atoms with Gasteiger partial charge in [0.15, 0.2) is 0 Å². The van der Waals surface area contributed by atoms with E-state index in [2.05, 4.69) is 0 Å². The minimum absolute atomic E-state index is 0.00119. The third-order valence-electron chi connectivity index (χ3n) is 3.40. The van der Waals surface area contributed by atoms with Crippen molar-refractivity contribution in [3.05, 3.63) is 0 Å². The van der Waals surface area contributed by atoms with E-state index in [0.29, 0.717) is 19.5 Å². The van der Waals surface area contributed by atoms with E-state index in [1.54, 1.807) is 4.90 Å². The Kier molecular flexibility index (Phi) is 7.09. The first-order chi connectivity index (χ1) is 10.3. The van der Waals surface area contributed by atoms with E-state index in [1.165, 1.54) is 14.2 Å². The topological polar surface area (TPSA) is 74.3 Å². The first-order valence-corrected chi connectivity index (χ1v) is 7.42. The molecule has 1 amide bonds. The summed E-state index contributed by atoms with van der Waals surface area (Å²) >= 11 is 0. The Morgan fingerprint density at radius 2 is 1.91 bits per heavy atom. The molecule has 0 saturated carbocycles. The quantitative estimate of drug-likeness (QED) is 0.568. The van der Waals surface area contributed by atoms with Crippen LogP contribution in [0, 0.1) is 5.92 Å². The summed E-state index contributed by atoms with van der Waals surface area (Å²) in [5, 5.41) is 0. The van der Waals surface area contributed by atoms with Gasteiger partial charge in [-0.15, -0.1) is 0 Å². The lowest BCUT2D eigenvalue weighted by molar-refractivity contribution is -0.148. The molecule has 128 valence electrons. The number of hydrogen-bond donors (Lipinski definition) is 0. The number of nitrogens with zero attached hydrogens (tertiary/aromatic N) is 1. The molecular weight excluding hydrogens is 290 g/mol. The molecule has 0 aromatic rings. The van der Waals surface area contributed by atoms with E-state index >= 15 is 0 Å². The van der Waals surface area contributed by atoms with Crippen molar-refractivity contribution in [2.24, 2.45) is 5.92 Å². The number of methoxy groups -OCH3 is 2. The Labute approximate surface area is 131 Å². The van der Waals surface area contributed by atoms with Crippen LogP contribution in [0.15, 0.2) is 0 Å². The number of likely N-dealkylation sites (tertiary alicyclic amines) is 1. The zero-order valence-corrected chi connectivity index (χ0v) is 14.1. The summed E-state index contributed by atoms with van der Waals surface area (Å²) < 4.78 is 20.6.